The molecule has 0 aliphatic heterocycles. The zero-order valence-corrected chi connectivity index (χ0v) is 17.4. The Hall–Kier alpha value is -0.100. The molecule has 10 heteroatoms. The molecule has 0 unspecified atom stereocenters. The lowest BCUT2D eigenvalue weighted by molar-refractivity contribution is -0.116. The van der Waals surface area contributed by atoms with Crippen molar-refractivity contribution in [2.75, 3.05) is 10.6 Å². The Kier molecular flexibility index (Phi) is 6.99. The van der Waals surface area contributed by atoms with Gasteiger partial charge in [0.1, 0.15) is 0 Å². The van der Waals surface area contributed by atoms with Crippen molar-refractivity contribution in [1.82, 2.24) is 0 Å². The molecule has 0 saturated carbocycles. The van der Waals surface area contributed by atoms with Crippen LogP contribution in [0.25, 0.3) is 0 Å². The Morgan fingerprint density at radius 2 is 1.21 bits per heavy atom. The Labute approximate surface area is 170 Å². The molecule has 4 nitrogen and oxygen atoms in total. The number of benzene rings is 1. The molecule has 2 N–H and O–H groups in total. The lowest BCUT2D eigenvalue weighted by Crippen LogP contribution is -2.30. The molecule has 0 radical (unpaired) electrons. The van der Waals surface area contributed by atoms with Crippen LogP contribution in [0.4, 0.5) is 11.4 Å². The first kappa shape index (κ1) is 21.9. The average molecular weight is 455 g/mol. The van der Waals surface area contributed by atoms with Crippen molar-refractivity contribution < 1.29 is 9.59 Å². The number of hydrogen-bond acceptors (Lipinski definition) is 2. The molecule has 0 saturated heterocycles. The van der Waals surface area contributed by atoms with E-state index in [9.17, 15) is 9.59 Å². The van der Waals surface area contributed by atoms with Crippen LogP contribution >= 0.6 is 69.6 Å². The molecule has 0 bridgehead atoms. The van der Waals surface area contributed by atoms with Crippen molar-refractivity contribution in [2.24, 2.45) is 0 Å². The fourth-order valence-electron chi connectivity index (χ4n) is 1.61. The van der Waals surface area contributed by atoms with Crippen molar-refractivity contribution in [2.45, 2.75) is 33.8 Å². The summed E-state index contributed by atoms with van der Waals surface area (Å²) in [6.45, 7) is 5.92. The molecule has 0 spiro atoms. The number of halogens is 6. The van der Waals surface area contributed by atoms with Crippen LogP contribution < -0.4 is 10.6 Å². The van der Waals surface area contributed by atoms with Crippen molar-refractivity contribution in [1.29, 1.82) is 0 Å². The normalized spacial score (nSPS) is 12.7. The maximum Gasteiger partial charge on any atom is 0.276 e. The number of carbonyl (C=O) groups is 2. The van der Waals surface area contributed by atoms with Gasteiger partial charge in [-0.05, 0) is 23.1 Å². The molecule has 0 aliphatic rings. The summed E-state index contributed by atoms with van der Waals surface area (Å²) in [5.41, 5.74) is 1.05. The molecule has 1 aromatic rings. The van der Waals surface area contributed by atoms with E-state index in [-0.39, 0.29) is 16.8 Å². The van der Waals surface area contributed by atoms with Crippen molar-refractivity contribution in [3.8, 4) is 0 Å². The van der Waals surface area contributed by atoms with E-state index in [1.807, 2.05) is 20.8 Å². The van der Waals surface area contributed by atoms with Crippen LogP contribution in [0.1, 0.15) is 26.3 Å². The molecule has 0 aliphatic carbocycles. The monoisotopic (exact) mass is 452 g/mol. The second-order valence-electron chi connectivity index (χ2n) is 5.91. The molecule has 0 aromatic heterocycles. The van der Waals surface area contributed by atoms with Crippen LogP contribution in [0.3, 0.4) is 0 Å². The standard InChI is InChI=1S/C14H14Cl6N2O2/c1-12(2,3)7-4-5-8(21-10(23)13(15,16)17)9(6-7)22-11(24)14(18,19)20/h4-6H,1-3H3,(H,21,23)(H,22,24). The fraction of sp³-hybridized carbons (Fsp3) is 0.429. The maximum absolute atomic E-state index is 11.9. The van der Waals surface area contributed by atoms with Gasteiger partial charge in [-0.2, -0.15) is 0 Å². The topological polar surface area (TPSA) is 58.2 Å². The number of anilines is 2. The molecule has 0 heterocycles. The van der Waals surface area contributed by atoms with Gasteiger partial charge in [0.2, 0.25) is 0 Å². The predicted octanol–water partition coefficient (Wildman–Crippen LogP) is 5.60. The van der Waals surface area contributed by atoms with Crippen LogP contribution in [-0.2, 0) is 15.0 Å². The van der Waals surface area contributed by atoms with Crippen molar-refractivity contribution in [3.63, 3.8) is 0 Å². The van der Waals surface area contributed by atoms with Gasteiger partial charge in [0, 0.05) is 0 Å². The van der Waals surface area contributed by atoms with E-state index in [4.69, 9.17) is 69.6 Å². The van der Waals surface area contributed by atoms with Gasteiger partial charge in [0.05, 0.1) is 11.4 Å². The largest absolute Gasteiger partial charge is 0.321 e. The van der Waals surface area contributed by atoms with Gasteiger partial charge in [-0.1, -0.05) is 96.4 Å². The number of nitrogens with one attached hydrogen (secondary N) is 2. The molecule has 24 heavy (non-hydrogen) atoms. The minimum Gasteiger partial charge on any atom is -0.321 e. The third kappa shape index (κ3) is 6.32. The molecular formula is C14H14Cl6N2O2. The second kappa shape index (κ2) is 7.65. The van der Waals surface area contributed by atoms with Gasteiger partial charge in [0.15, 0.2) is 0 Å². The van der Waals surface area contributed by atoms with Crippen molar-refractivity contribution >= 4 is 92.8 Å². The number of rotatable bonds is 2. The smallest absolute Gasteiger partial charge is 0.276 e. The van der Waals surface area contributed by atoms with Crippen LogP contribution in [0.2, 0.25) is 0 Å². The Morgan fingerprint density at radius 3 is 1.58 bits per heavy atom. The van der Waals surface area contributed by atoms with Gasteiger partial charge < -0.3 is 10.6 Å². The highest BCUT2D eigenvalue weighted by Gasteiger charge is 2.33. The quantitative estimate of drug-likeness (QED) is 0.571. The van der Waals surface area contributed by atoms with E-state index in [0.717, 1.165) is 5.56 Å². The van der Waals surface area contributed by atoms with Crippen molar-refractivity contribution in [3.05, 3.63) is 23.8 Å². The summed E-state index contributed by atoms with van der Waals surface area (Å²) >= 11 is 33.3. The molecule has 0 fully saturated rings. The molecule has 1 aromatic carbocycles. The summed E-state index contributed by atoms with van der Waals surface area (Å²) in [4.78, 5) is 23.8. The van der Waals surface area contributed by atoms with E-state index < -0.39 is 19.4 Å². The van der Waals surface area contributed by atoms with Gasteiger partial charge in [0.25, 0.3) is 19.4 Å². The predicted molar refractivity (Wildman–Crippen MR) is 103 cm³/mol. The molecule has 134 valence electrons. The summed E-state index contributed by atoms with van der Waals surface area (Å²) in [6.07, 6.45) is 0. The highest BCUT2D eigenvalue weighted by atomic mass is 35.6. The van der Waals surface area contributed by atoms with E-state index in [0.29, 0.717) is 0 Å². The molecular weight excluding hydrogens is 441 g/mol. The van der Waals surface area contributed by atoms with Gasteiger partial charge in [-0.15, -0.1) is 0 Å². The first-order valence-corrected chi connectivity index (χ1v) is 8.80. The van der Waals surface area contributed by atoms with Crippen LogP contribution in [-0.4, -0.2) is 19.4 Å². The minimum absolute atomic E-state index is 0.196. The second-order valence-corrected chi connectivity index (χ2v) is 10.5. The highest BCUT2D eigenvalue weighted by molar-refractivity contribution is 6.77. The zero-order chi connectivity index (χ0) is 18.9. The number of carbonyl (C=O) groups excluding carboxylic acids is 2. The third-order valence-corrected chi connectivity index (χ3v) is 3.93. The Balaban J connectivity index is 3.28. The van der Waals surface area contributed by atoms with E-state index in [1.165, 1.54) is 0 Å². The van der Waals surface area contributed by atoms with Crippen LogP contribution in [0.5, 0.6) is 0 Å². The number of hydrogen-bond donors (Lipinski definition) is 2. The highest BCUT2D eigenvalue weighted by Crippen LogP contribution is 2.35. The van der Waals surface area contributed by atoms with E-state index in [1.54, 1.807) is 18.2 Å². The Morgan fingerprint density at radius 1 is 0.792 bits per heavy atom. The Bertz CT molecular complexity index is 644. The summed E-state index contributed by atoms with van der Waals surface area (Å²) in [5, 5.41) is 4.85. The molecule has 2 amide bonds. The SMILES string of the molecule is CC(C)(C)c1ccc(NC(=O)C(Cl)(Cl)Cl)c(NC(=O)C(Cl)(Cl)Cl)c1. The zero-order valence-electron chi connectivity index (χ0n) is 12.8. The van der Waals surface area contributed by atoms with E-state index >= 15 is 0 Å². The van der Waals surface area contributed by atoms with Crippen LogP contribution in [0.15, 0.2) is 18.2 Å². The van der Waals surface area contributed by atoms with Gasteiger partial charge in [-0.25, -0.2) is 0 Å². The summed E-state index contributed by atoms with van der Waals surface area (Å²) in [6, 6.07) is 4.96. The fourth-order valence-corrected chi connectivity index (χ4v) is 1.89. The lowest BCUT2D eigenvalue weighted by atomic mass is 9.86. The first-order chi connectivity index (χ1) is 10.6. The molecule has 0 atom stereocenters. The van der Waals surface area contributed by atoms with Gasteiger partial charge >= 0.3 is 0 Å². The maximum atomic E-state index is 11.9. The first-order valence-electron chi connectivity index (χ1n) is 6.53. The molecule has 1 rings (SSSR count). The average Bonchev–Trinajstić information content (AvgIpc) is 2.37. The van der Waals surface area contributed by atoms with Gasteiger partial charge in [-0.3, -0.25) is 9.59 Å². The summed E-state index contributed by atoms with van der Waals surface area (Å²) in [7, 11) is 0. The van der Waals surface area contributed by atoms with E-state index in [2.05, 4.69) is 10.6 Å². The minimum atomic E-state index is -2.17. The summed E-state index contributed by atoms with van der Waals surface area (Å²) in [5.74, 6) is -1.77. The lowest BCUT2D eigenvalue weighted by Gasteiger charge is -2.23. The van der Waals surface area contributed by atoms with Crippen LogP contribution in [0, 0.1) is 0 Å². The number of amides is 2. The third-order valence-electron chi connectivity index (χ3n) is 2.90. The summed E-state index contributed by atoms with van der Waals surface area (Å²) < 4.78 is -4.34. The number of alkyl halides is 6.